The zero-order chi connectivity index (χ0) is 37.7. The summed E-state index contributed by atoms with van der Waals surface area (Å²) in [6, 6.07) is 8.02. The molecule has 9 atom stereocenters. The van der Waals surface area contributed by atoms with E-state index in [1.54, 1.807) is 0 Å². The summed E-state index contributed by atoms with van der Waals surface area (Å²) >= 11 is 0. The molecule has 1 aromatic carbocycles. The van der Waals surface area contributed by atoms with Crippen molar-refractivity contribution in [3.05, 3.63) is 53.6 Å². The minimum atomic E-state index is -2.99. The average molecular weight is 733 g/mol. The second-order valence-corrected chi connectivity index (χ2v) is 21.8. The van der Waals surface area contributed by atoms with Crippen molar-refractivity contribution in [2.45, 2.75) is 112 Å². The highest BCUT2D eigenvalue weighted by molar-refractivity contribution is 7.91. The molecule has 1 heterocycles. The number of nitrogens with zero attached hydrogens (tertiary/aromatic N) is 1. The number of sulfone groups is 1. The van der Waals surface area contributed by atoms with Crippen molar-refractivity contribution in [3.8, 4) is 0 Å². The molecule has 8 heteroatoms. The average Bonchev–Trinajstić information content (AvgIpc) is 3.47. The third kappa shape index (κ3) is 5.37. The monoisotopic (exact) mass is 732 g/mol. The van der Waals surface area contributed by atoms with Crippen molar-refractivity contribution < 1.29 is 22.7 Å². The molecule has 0 unspecified atom stereocenters. The number of fused-ring (bicyclic) bond motifs is 7. The summed E-state index contributed by atoms with van der Waals surface area (Å²) in [7, 11) is -1.56. The van der Waals surface area contributed by atoms with E-state index in [1.165, 1.54) is 49.5 Å². The summed E-state index contributed by atoms with van der Waals surface area (Å²) < 4.78 is 29.1. The summed E-state index contributed by atoms with van der Waals surface area (Å²) in [5, 5.41) is 3.68. The maximum atomic E-state index is 13.8. The maximum Gasteiger partial charge on any atom is 0.337 e. The van der Waals surface area contributed by atoms with Gasteiger partial charge in [0.25, 0.3) is 0 Å². The lowest BCUT2D eigenvalue weighted by Crippen LogP contribution is -2.70. The zero-order valence-electron chi connectivity index (χ0n) is 33.2. The summed E-state index contributed by atoms with van der Waals surface area (Å²) in [5.41, 5.74) is 4.69. The lowest BCUT2D eigenvalue weighted by molar-refractivity contribution is -0.244. The lowest BCUT2D eigenvalue weighted by atomic mass is 9.30. The van der Waals surface area contributed by atoms with Crippen molar-refractivity contribution in [2.24, 2.45) is 50.7 Å². The molecule has 1 aliphatic heterocycles. The van der Waals surface area contributed by atoms with Crippen molar-refractivity contribution in [1.82, 2.24) is 10.2 Å². The van der Waals surface area contributed by atoms with E-state index in [9.17, 15) is 18.0 Å². The molecule has 1 amide bonds. The Hall–Kier alpha value is -2.45. The molecule has 5 fully saturated rings. The van der Waals surface area contributed by atoms with Gasteiger partial charge >= 0.3 is 5.97 Å². The fourth-order valence-electron chi connectivity index (χ4n) is 13.9. The Kier molecular flexibility index (Phi) is 9.13. The quantitative estimate of drug-likeness (QED) is 0.235. The van der Waals surface area contributed by atoms with Crippen LogP contribution < -0.4 is 5.32 Å². The molecule has 1 saturated heterocycles. The van der Waals surface area contributed by atoms with Gasteiger partial charge in [-0.15, -0.1) is 0 Å². The van der Waals surface area contributed by atoms with Crippen LogP contribution in [-0.4, -0.2) is 69.0 Å². The van der Waals surface area contributed by atoms with Crippen molar-refractivity contribution in [3.63, 3.8) is 0 Å². The van der Waals surface area contributed by atoms with Crippen LogP contribution in [0.1, 0.15) is 122 Å². The Balaban J connectivity index is 1.18. The molecule has 7 rings (SSSR count). The normalized spacial score (nSPS) is 42.0. The van der Waals surface area contributed by atoms with E-state index in [1.807, 2.05) is 17.0 Å². The molecule has 6 aliphatic rings. The number of allylic oxidation sites excluding steroid dienone is 3. The summed E-state index contributed by atoms with van der Waals surface area (Å²) in [6.45, 7) is 23.4. The molecule has 1 N–H and O–H groups in total. The number of nitrogens with one attached hydrogen (secondary N) is 1. The Labute approximate surface area is 313 Å². The number of ether oxygens (including phenoxy) is 1. The third-order valence-electron chi connectivity index (χ3n) is 17.6. The molecular formula is C44H64N2O5S. The van der Waals surface area contributed by atoms with Gasteiger partial charge in [0.05, 0.1) is 30.7 Å². The fourth-order valence-corrected chi connectivity index (χ4v) is 15.2. The number of carbonyl (C=O) groups is 2. The first-order chi connectivity index (χ1) is 24.3. The van der Waals surface area contributed by atoms with E-state index in [0.29, 0.717) is 42.3 Å². The molecule has 286 valence electrons. The van der Waals surface area contributed by atoms with Crippen LogP contribution in [0.2, 0.25) is 0 Å². The number of hydrogen-bond acceptors (Lipinski definition) is 6. The summed E-state index contributed by atoms with van der Waals surface area (Å²) in [6.07, 6.45) is 12.6. The molecule has 5 aliphatic carbocycles. The first-order valence-electron chi connectivity index (χ1n) is 20.1. The first-order valence-corrected chi connectivity index (χ1v) is 21.9. The fraction of sp³-hybridized carbons (Fsp3) is 0.727. The molecule has 52 heavy (non-hydrogen) atoms. The van der Waals surface area contributed by atoms with Crippen molar-refractivity contribution in [1.29, 1.82) is 0 Å². The van der Waals surface area contributed by atoms with Gasteiger partial charge in [-0.05, 0) is 139 Å². The van der Waals surface area contributed by atoms with Crippen LogP contribution >= 0.6 is 0 Å². The van der Waals surface area contributed by atoms with Gasteiger partial charge in [0.15, 0.2) is 9.84 Å². The van der Waals surface area contributed by atoms with E-state index in [2.05, 4.69) is 78.6 Å². The SMILES string of the molecule is C=C(C)[C@@H]1CC[C@]2(NC(=O)CN3CCS(=O)(=O)CC3)CC[C@]3(C)[C@H](CC[C@@H]4[C@@]5(C)CC=C(c6ccc(C(=O)OC)cc6)C(C)(C)[C@]5(C)CC[C@]43C)[C@@H]12. The molecule has 0 aromatic heterocycles. The summed E-state index contributed by atoms with van der Waals surface area (Å²) in [4.78, 5) is 28.0. The largest absolute Gasteiger partial charge is 0.465 e. The highest BCUT2D eigenvalue weighted by atomic mass is 32.2. The highest BCUT2D eigenvalue weighted by Crippen LogP contribution is 2.79. The summed E-state index contributed by atoms with van der Waals surface area (Å²) in [5.74, 6) is 1.91. The molecule has 7 nitrogen and oxygen atoms in total. The van der Waals surface area contributed by atoms with Crippen LogP contribution in [0.25, 0.3) is 5.57 Å². The Bertz CT molecular complexity index is 1770. The molecular weight excluding hydrogens is 669 g/mol. The Morgan fingerprint density at radius 1 is 0.885 bits per heavy atom. The highest BCUT2D eigenvalue weighted by Gasteiger charge is 2.73. The molecule has 0 radical (unpaired) electrons. The number of hydrogen-bond donors (Lipinski definition) is 1. The Morgan fingerprint density at radius 2 is 1.54 bits per heavy atom. The first kappa shape index (κ1) is 37.8. The molecule has 1 aromatic rings. The van der Waals surface area contributed by atoms with Gasteiger partial charge in [-0.2, -0.15) is 0 Å². The third-order valence-corrected chi connectivity index (χ3v) is 19.2. The minimum Gasteiger partial charge on any atom is -0.465 e. The minimum absolute atomic E-state index is 0.0584. The van der Waals surface area contributed by atoms with Gasteiger partial charge in [0, 0.05) is 18.6 Å². The van der Waals surface area contributed by atoms with Crippen molar-refractivity contribution >= 4 is 27.3 Å². The van der Waals surface area contributed by atoms with Crippen LogP contribution in [-0.2, 0) is 19.4 Å². The maximum absolute atomic E-state index is 13.8. The standard InChI is InChI=1S/C44H64N2O5S/c1-29(2)32-16-19-44(45-36(47)28-46-24-26-52(49,50)27-25-46)23-21-40(5)34(37(32)44)14-15-35-41(40,6)20-22-43(8)39(3,4)33(17-18-42(35,43)7)30-10-12-31(13-11-30)38(48)51-9/h10-13,17,32,34-35,37H,1,14-16,18-28H2,2-9H3,(H,45,47)/t32-,34+,35-,37+,40+,41+,42+,43-,44-/m0/s1. The van der Waals surface area contributed by atoms with E-state index in [4.69, 9.17) is 4.74 Å². The van der Waals surface area contributed by atoms with Crippen molar-refractivity contribution in [2.75, 3.05) is 38.2 Å². The van der Waals surface area contributed by atoms with Gasteiger partial charge < -0.3 is 10.1 Å². The number of methoxy groups -OCH3 is 1. The van der Waals surface area contributed by atoms with Crippen LogP contribution in [0.15, 0.2) is 42.5 Å². The zero-order valence-corrected chi connectivity index (χ0v) is 34.0. The van der Waals surface area contributed by atoms with Crippen LogP contribution in [0, 0.1) is 50.7 Å². The van der Waals surface area contributed by atoms with Crippen LogP contribution in [0.4, 0.5) is 0 Å². The van der Waals surface area contributed by atoms with Crippen LogP contribution in [0.5, 0.6) is 0 Å². The second-order valence-electron chi connectivity index (χ2n) is 19.5. The molecule has 0 bridgehead atoms. The van der Waals surface area contributed by atoms with E-state index >= 15 is 0 Å². The van der Waals surface area contributed by atoms with E-state index < -0.39 is 9.84 Å². The van der Waals surface area contributed by atoms with Gasteiger partial charge in [-0.3, -0.25) is 9.69 Å². The topological polar surface area (TPSA) is 92.8 Å². The number of carbonyl (C=O) groups excluding carboxylic acids is 2. The van der Waals surface area contributed by atoms with Gasteiger partial charge in [0.2, 0.25) is 5.91 Å². The van der Waals surface area contributed by atoms with Crippen LogP contribution in [0.3, 0.4) is 0 Å². The molecule has 4 saturated carbocycles. The predicted octanol–water partition coefficient (Wildman–Crippen LogP) is 8.11. The predicted molar refractivity (Wildman–Crippen MR) is 208 cm³/mol. The number of rotatable bonds is 6. The number of benzene rings is 1. The van der Waals surface area contributed by atoms with E-state index in [-0.39, 0.29) is 62.5 Å². The molecule has 0 spiro atoms. The van der Waals surface area contributed by atoms with Gasteiger partial charge in [-0.25, -0.2) is 13.2 Å². The second kappa shape index (κ2) is 12.5. The number of esters is 1. The smallest absolute Gasteiger partial charge is 0.337 e. The van der Waals surface area contributed by atoms with Gasteiger partial charge in [0.1, 0.15) is 0 Å². The Morgan fingerprint density at radius 3 is 2.17 bits per heavy atom. The lowest BCUT2D eigenvalue weighted by Gasteiger charge is -2.75. The van der Waals surface area contributed by atoms with Gasteiger partial charge in [-0.1, -0.05) is 71.9 Å². The number of amides is 1. The van der Waals surface area contributed by atoms with E-state index in [0.717, 1.165) is 32.1 Å².